The number of hydrogen-bond acceptors (Lipinski definition) is 2. The van der Waals surface area contributed by atoms with Crippen LogP contribution in [-0.4, -0.2) is 42.1 Å². The van der Waals surface area contributed by atoms with Crippen LogP contribution in [0.5, 0.6) is 0 Å². The van der Waals surface area contributed by atoms with Crippen LogP contribution in [0.1, 0.15) is 65.2 Å². The first-order valence-corrected chi connectivity index (χ1v) is 8.49. The van der Waals surface area contributed by atoms with Crippen molar-refractivity contribution in [2.45, 2.75) is 83.3 Å². The normalized spacial score (nSPS) is 27.0. The standard InChI is InChI=1S/C16H32N4.HI/c1-13-8-6-7-11-20(13)14(2)12-18-16(17)19-15-9-4-3-5-10-15;/h13-15H,3-12H2,1-2H3,(H3,17,18,19);1H. The van der Waals surface area contributed by atoms with E-state index in [1.807, 2.05) is 0 Å². The van der Waals surface area contributed by atoms with Gasteiger partial charge in [-0.3, -0.25) is 9.89 Å². The molecule has 1 aliphatic carbocycles. The van der Waals surface area contributed by atoms with Gasteiger partial charge in [-0.05, 0) is 46.1 Å². The summed E-state index contributed by atoms with van der Waals surface area (Å²) in [6, 6.07) is 1.75. The molecule has 1 saturated carbocycles. The summed E-state index contributed by atoms with van der Waals surface area (Å²) in [6.45, 7) is 6.64. The van der Waals surface area contributed by atoms with Gasteiger partial charge in [0.15, 0.2) is 5.96 Å². The van der Waals surface area contributed by atoms with E-state index >= 15 is 0 Å². The van der Waals surface area contributed by atoms with Gasteiger partial charge in [0.2, 0.25) is 0 Å². The molecule has 0 aromatic heterocycles. The Morgan fingerprint density at radius 2 is 1.86 bits per heavy atom. The van der Waals surface area contributed by atoms with Crippen molar-refractivity contribution < 1.29 is 0 Å². The van der Waals surface area contributed by atoms with Crippen LogP contribution in [0.4, 0.5) is 0 Å². The molecular formula is C16H33IN4. The molecule has 3 N–H and O–H groups in total. The van der Waals surface area contributed by atoms with Crippen LogP contribution in [0.15, 0.2) is 4.99 Å². The minimum atomic E-state index is 0. The van der Waals surface area contributed by atoms with Crippen molar-refractivity contribution in [3.63, 3.8) is 0 Å². The van der Waals surface area contributed by atoms with Crippen molar-refractivity contribution in [2.24, 2.45) is 10.7 Å². The van der Waals surface area contributed by atoms with E-state index in [1.54, 1.807) is 0 Å². The number of nitrogens with zero attached hydrogens (tertiary/aromatic N) is 2. The van der Waals surface area contributed by atoms with E-state index in [1.165, 1.54) is 57.9 Å². The predicted molar refractivity (Wildman–Crippen MR) is 101 cm³/mol. The maximum absolute atomic E-state index is 6.04. The predicted octanol–water partition coefficient (Wildman–Crippen LogP) is 3.10. The maximum atomic E-state index is 6.04. The van der Waals surface area contributed by atoms with Gasteiger partial charge in [-0.25, -0.2) is 0 Å². The van der Waals surface area contributed by atoms with Crippen molar-refractivity contribution >= 4 is 29.9 Å². The number of halogens is 1. The van der Waals surface area contributed by atoms with Crippen LogP contribution >= 0.6 is 24.0 Å². The second-order valence-corrected chi connectivity index (χ2v) is 6.64. The van der Waals surface area contributed by atoms with E-state index in [0.29, 0.717) is 24.1 Å². The van der Waals surface area contributed by atoms with Gasteiger partial charge in [0.1, 0.15) is 0 Å². The van der Waals surface area contributed by atoms with Crippen LogP contribution < -0.4 is 11.1 Å². The Kier molecular flexibility index (Phi) is 8.94. The highest BCUT2D eigenvalue weighted by Gasteiger charge is 2.22. The summed E-state index contributed by atoms with van der Waals surface area (Å²) in [5.41, 5.74) is 6.04. The molecule has 1 saturated heterocycles. The van der Waals surface area contributed by atoms with Crippen molar-refractivity contribution in [2.75, 3.05) is 13.1 Å². The summed E-state index contributed by atoms with van der Waals surface area (Å²) < 4.78 is 0. The highest BCUT2D eigenvalue weighted by atomic mass is 127. The summed E-state index contributed by atoms with van der Waals surface area (Å²) in [6.07, 6.45) is 10.5. The van der Waals surface area contributed by atoms with E-state index in [2.05, 4.69) is 29.1 Å². The van der Waals surface area contributed by atoms with Crippen LogP contribution in [0, 0.1) is 0 Å². The fourth-order valence-electron chi connectivity index (χ4n) is 3.61. The highest BCUT2D eigenvalue weighted by Crippen LogP contribution is 2.19. The topological polar surface area (TPSA) is 53.6 Å². The van der Waals surface area contributed by atoms with Crippen molar-refractivity contribution in [3.05, 3.63) is 0 Å². The Bertz CT molecular complexity index is 315. The van der Waals surface area contributed by atoms with E-state index in [9.17, 15) is 0 Å². The molecule has 124 valence electrons. The van der Waals surface area contributed by atoms with E-state index in [-0.39, 0.29) is 24.0 Å². The van der Waals surface area contributed by atoms with Crippen LogP contribution in [0.2, 0.25) is 0 Å². The van der Waals surface area contributed by atoms with Gasteiger partial charge < -0.3 is 11.1 Å². The lowest BCUT2D eigenvalue weighted by Gasteiger charge is -2.37. The van der Waals surface area contributed by atoms with Crippen LogP contribution in [0.25, 0.3) is 0 Å². The first-order valence-electron chi connectivity index (χ1n) is 8.49. The average molecular weight is 408 g/mol. The molecule has 2 aliphatic rings. The zero-order valence-corrected chi connectivity index (χ0v) is 16.0. The SMILES string of the molecule is CC1CCCCN1C(C)CN=C(N)NC1CCCCC1.I. The Hall–Kier alpha value is -0.0400. The fourth-order valence-corrected chi connectivity index (χ4v) is 3.61. The molecule has 0 bridgehead atoms. The first-order chi connectivity index (χ1) is 9.66. The molecule has 5 heteroatoms. The molecule has 2 unspecified atom stereocenters. The third-order valence-electron chi connectivity index (χ3n) is 4.90. The number of likely N-dealkylation sites (tertiary alicyclic amines) is 1. The summed E-state index contributed by atoms with van der Waals surface area (Å²) in [4.78, 5) is 7.15. The Morgan fingerprint density at radius 1 is 1.19 bits per heavy atom. The summed E-state index contributed by atoms with van der Waals surface area (Å²) in [5.74, 6) is 0.647. The quantitative estimate of drug-likeness (QED) is 0.427. The molecule has 21 heavy (non-hydrogen) atoms. The molecule has 0 aromatic rings. The number of aliphatic imine (C=N–C) groups is 1. The number of guanidine groups is 1. The van der Waals surface area contributed by atoms with Gasteiger partial charge >= 0.3 is 0 Å². The first kappa shape index (κ1) is 19.0. The largest absolute Gasteiger partial charge is 0.370 e. The summed E-state index contributed by atoms with van der Waals surface area (Å²) in [7, 11) is 0. The van der Waals surface area contributed by atoms with Gasteiger partial charge in [0, 0.05) is 18.1 Å². The number of rotatable bonds is 4. The van der Waals surface area contributed by atoms with Gasteiger partial charge in [-0.2, -0.15) is 0 Å². The lowest BCUT2D eigenvalue weighted by molar-refractivity contribution is 0.118. The number of hydrogen-bond donors (Lipinski definition) is 2. The molecule has 0 radical (unpaired) electrons. The van der Waals surface area contributed by atoms with Crippen LogP contribution in [0.3, 0.4) is 0 Å². The molecule has 1 heterocycles. The molecule has 2 atom stereocenters. The van der Waals surface area contributed by atoms with E-state index < -0.39 is 0 Å². The van der Waals surface area contributed by atoms with E-state index in [4.69, 9.17) is 5.73 Å². The lowest BCUT2D eigenvalue weighted by Crippen LogP contribution is -2.46. The third kappa shape index (κ3) is 6.30. The minimum absolute atomic E-state index is 0. The molecule has 1 aliphatic heterocycles. The second-order valence-electron chi connectivity index (χ2n) is 6.64. The third-order valence-corrected chi connectivity index (χ3v) is 4.90. The molecule has 2 rings (SSSR count). The zero-order valence-electron chi connectivity index (χ0n) is 13.7. The summed E-state index contributed by atoms with van der Waals surface area (Å²) >= 11 is 0. The maximum Gasteiger partial charge on any atom is 0.188 e. The Morgan fingerprint density at radius 3 is 2.52 bits per heavy atom. The average Bonchev–Trinajstić information content (AvgIpc) is 2.46. The fraction of sp³-hybridized carbons (Fsp3) is 0.938. The van der Waals surface area contributed by atoms with Gasteiger partial charge in [-0.1, -0.05) is 25.7 Å². The monoisotopic (exact) mass is 408 g/mol. The molecular weight excluding hydrogens is 375 g/mol. The second kappa shape index (κ2) is 9.87. The van der Waals surface area contributed by atoms with Gasteiger partial charge in [0.25, 0.3) is 0 Å². The molecule has 0 amide bonds. The lowest BCUT2D eigenvalue weighted by atomic mass is 9.96. The number of piperidine rings is 1. The van der Waals surface area contributed by atoms with Crippen molar-refractivity contribution in [1.82, 2.24) is 10.2 Å². The molecule has 0 spiro atoms. The Balaban J connectivity index is 0.00000220. The number of nitrogens with one attached hydrogen (secondary N) is 1. The zero-order chi connectivity index (χ0) is 14.4. The van der Waals surface area contributed by atoms with Gasteiger partial charge in [0.05, 0.1) is 6.54 Å². The Labute approximate surface area is 147 Å². The molecule has 0 aromatic carbocycles. The van der Waals surface area contributed by atoms with Crippen molar-refractivity contribution in [1.29, 1.82) is 0 Å². The minimum Gasteiger partial charge on any atom is -0.370 e. The number of nitrogens with two attached hydrogens (primary N) is 1. The van der Waals surface area contributed by atoms with Gasteiger partial charge in [-0.15, -0.1) is 24.0 Å². The smallest absolute Gasteiger partial charge is 0.188 e. The molecule has 2 fully saturated rings. The van der Waals surface area contributed by atoms with E-state index in [0.717, 1.165) is 6.54 Å². The summed E-state index contributed by atoms with van der Waals surface area (Å²) in [5, 5.41) is 3.40. The van der Waals surface area contributed by atoms with Crippen molar-refractivity contribution in [3.8, 4) is 0 Å². The molecule has 4 nitrogen and oxygen atoms in total. The highest BCUT2D eigenvalue weighted by molar-refractivity contribution is 14.0. The van der Waals surface area contributed by atoms with Crippen LogP contribution in [-0.2, 0) is 0 Å².